The SMILES string of the molecule is C#CCC(c1cccc(N(C(=O)C(F)(F)F)c2ccccc2)c1)n1cc(-c2ncnc3[nH]ccc23)cn1. The predicted octanol–water partition coefficient (Wildman–Crippen LogP) is 5.66. The zero-order chi connectivity index (χ0) is 26.0. The smallest absolute Gasteiger partial charge is 0.346 e. The molecule has 5 aromatic rings. The molecule has 1 N–H and O–H groups in total. The van der Waals surface area contributed by atoms with Crippen LogP contribution in [0.5, 0.6) is 0 Å². The number of rotatable bonds is 6. The van der Waals surface area contributed by atoms with Crippen LogP contribution in [-0.2, 0) is 4.79 Å². The maximum absolute atomic E-state index is 13.5. The molecule has 37 heavy (non-hydrogen) atoms. The first-order valence-electron chi connectivity index (χ1n) is 11.2. The van der Waals surface area contributed by atoms with Gasteiger partial charge in [0.1, 0.15) is 12.0 Å². The van der Waals surface area contributed by atoms with E-state index in [-0.39, 0.29) is 17.8 Å². The average Bonchev–Trinajstić information content (AvgIpc) is 3.58. The minimum absolute atomic E-state index is 0.0604. The fraction of sp³-hybridized carbons (Fsp3) is 0.111. The van der Waals surface area contributed by atoms with Gasteiger partial charge in [-0.1, -0.05) is 30.3 Å². The highest BCUT2D eigenvalue weighted by molar-refractivity contribution is 6.03. The molecule has 0 aliphatic heterocycles. The molecular weight excluding hydrogens is 481 g/mol. The van der Waals surface area contributed by atoms with Crippen LogP contribution in [0.4, 0.5) is 24.5 Å². The molecule has 0 spiro atoms. The Morgan fingerprint density at radius 1 is 1.08 bits per heavy atom. The molecule has 3 heterocycles. The summed E-state index contributed by atoms with van der Waals surface area (Å²) in [5, 5.41) is 5.30. The van der Waals surface area contributed by atoms with E-state index in [1.54, 1.807) is 53.6 Å². The van der Waals surface area contributed by atoms with Gasteiger partial charge in [-0.25, -0.2) is 9.97 Å². The second kappa shape index (κ2) is 9.62. The number of fused-ring (bicyclic) bond motifs is 1. The first kappa shape index (κ1) is 23.8. The van der Waals surface area contributed by atoms with Crippen LogP contribution in [0.25, 0.3) is 22.3 Å². The lowest BCUT2D eigenvalue weighted by atomic mass is 10.0. The van der Waals surface area contributed by atoms with E-state index in [1.807, 2.05) is 6.07 Å². The Balaban J connectivity index is 1.55. The molecule has 1 unspecified atom stereocenters. The van der Waals surface area contributed by atoms with Crippen LogP contribution in [0.2, 0.25) is 0 Å². The van der Waals surface area contributed by atoms with Crippen molar-refractivity contribution in [2.24, 2.45) is 0 Å². The van der Waals surface area contributed by atoms with E-state index in [0.29, 0.717) is 21.8 Å². The maximum atomic E-state index is 13.5. The molecule has 0 aliphatic carbocycles. The number of benzene rings is 2. The van der Waals surface area contributed by atoms with Crippen molar-refractivity contribution in [3.63, 3.8) is 0 Å². The Hall–Kier alpha value is -4.91. The quantitative estimate of drug-likeness (QED) is 0.305. The number of amides is 1. The largest absolute Gasteiger partial charge is 0.472 e. The average molecular weight is 500 g/mol. The van der Waals surface area contributed by atoms with Crippen molar-refractivity contribution >= 4 is 28.3 Å². The Kier molecular flexibility index (Phi) is 6.19. The van der Waals surface area contributed by atoms with Crippen LogP contribution in [0, 0.1) is 12.3 Å². The normalized spacial score (nSPS) is 12.3. The number of nitrogens with one attached hydrogen (secondary N) is 1. The van der Waals surface area contributed by atoms with Crippen molar-refractivity contribution in [3.05, 3.63) is 91.1 Å². The molecule has 3 aromatic heterocycles. The fourth-order valence-corrected chi connectivity index (χ4v) is 4.17. The summed E-state index contributed by atoms with van der Waals surface area (Å²) >= 11 is 0. The number of anilines is 2. The van der Waals surface area contributed by atoms with Crippen LogP contribution in [-0.4, -0.2) is 36.8 Å². The van der Waals surface area contributed by atoms with Gasteiger partial charge in [0, 0.05) is 41.1 Å². The summed E-state index contributed by atoms with van der Waals surface area (Å²) in [4.78, 5) is 24.7. The Labute approximate surface area is 209 Å². The number of halogens is 3. The topological polar surface area (TPSA) is 79.7 Å². The molecule has 2 aromatic carbocycles. The number of nitrogens with zero attached hydrogens (tertiary/aromatic N) is 5. The van der Waals surface area contributed by atoms with E-state index in [4.69, 9.17) is 6.42 Å². The van der Waals surface area contributed by atoms with Crippen LogP contribution in [0.15, 0.2) is 85.6 Å². The summed E-state index contributed by atoms with van der Waals surface area (Å²) in [5.74, 6) is 0.619. The number of terminal acetylenes is 1. The van der Waals surface area contributed by atoms with Crippen molar-refractivity contribution in [2.75, 3.05) is 4.90 Å². The fourth-order valence-electron chi connectivity index (χ4n) is 4.17. The van der Waals surface area contributed by atoms with Crippen molar-refractivity contribution in [2.45, 2.75) is 18.6 Å². The van der Waals surface area contributed by atoms with Gasteiger partial charge in [0.15, 0.2) is 0 Å². The van der Waals surface area contributed by atoms with Gasteiger partial charge >= 0.3 is 12.1 Å². The molecule has 0 radical (unpaired) electrons. The number of H-pyrrole nitrogens is 1. The molecule has 1 atom stereocenters. The summed E-state index contributed by atoms with van der Waals surface area (Å²) in [6.07, 6.45) is 7.43. The number of carbonyl (C=O) groups excluding carboxylic acids is 1. The second-order valence-corrected chi connectivity index (χ2v) is 8.16. The minimum Gasteiger partial charge on any atom is -0.346 e. The van der Waals surface area contributed by atoms with E-state index in [1.165, 1.54) is 30.6 Å². The third kappa shape index (κ3) is 4.67. The van der Waals surface area contributed by atoms with Gasteiger partial charge in [-0.3, -0.25) is 14.4 Å². The van der Waals surface area contributed by atoms with Gasteiger partial charge in [-0.05, 0) is 35.9 Å². The number of aromatic amines is 1. The lowest BCUT2D eigenvalue weighted by Crippen LogP contribution is -2.38. The van der Waals surface area contributed by atoms with Gasteiger partial charge in [0.2, 0.25) is 0 Å². The molecular formula is C27H19F3N6O. The monoisotopic (exact) mass is 500 g/mol. The number of hydrogen-bond donors (Lipinski definition) is 1. The maximum Gasteiger partial charge on any atom is 0.472 e. The standard InChI is InChI=1S/C27H19F3N6O/c1-2-7-23(35-16-19(15-34-35)24-22-12-13-31-25(22)33-17-32-24)18-8-6-11-21(14-18)36(26(37)27(28,29)30)20-9-4-3-5-10-20/h1,3-6,8-17,23H,7H2,(H,31,32,33). The molecule has 5 rings (SSSR count). The highest BCUT2D eigenvalue weighted by Crippen LogP contribution is 2.34. The van der Waals surface area contributed by atoms with E-state index >= 15 is 0 Å². The zero-order valence-electron chi connectivity index (χ0n) is 19.2. The highest BCUT2D eigenvalue weighted by atomic mass is 19.4. The van der Waals surface area contributed by atoms with Crippen LogP contribution >= 0.6 is 0 Å². The van der Waals surface area contributed by atoms with Crippen molar-refractivity contribution in [1.29, 1.82) is 0 Å². The van der Waals surface area contributed by atoms with Gasteiger partial charge in [-0.15, -0.1) is 12.3 Å². The molecule has 7 nitrogen and oxygen atoms in total. The molecule has 184 valence electrons. The lowest BCUT2D eigenvalue weighted by Gasteiger charge is -2.25. The van der Waals surface area contributed by atoms with Crippen LogP contribution in [0.1, 0.15) is 18.0 Å². The van der Waals surface area contributed by atoms with Crippen molar-refractivity contribution in [3.8, 4) is 23.6 Å². The molecule has 0 saturated heterocycles. The van der Waals surface area contributed by atoms with Crippen LogP contribution < -0.4 is 4.90 Å². The van der Waals surface area contributed by atoms with Gasteiger partial charge in [-0.2, -0.15) is 18.3 Å². The molecule has 0 fully saturated rings. The zero-order valence-corrected chi connectivity index (χ0v) is 19.2. The molecule has 10 heteroatoms. The third-order valence-electron chi connectivity index (χ3n) is 5.83. The summed E-state index contributed by atoms with van der Waals surface area (Å²) in [6.45, 7) is 0. The van der Waals surface area contributed by atoms with Crippen LogP contribution in [0.3, 0.4) is 0 Å². The van der Waals surface area contributed by atoms with E-state index in [9.17, 15) is 18.0 Å². The first-order valence-corrected chi connectivity index (χ1v) is 11.2. The summed E-state index contributed by atoms with van der Waals surface area (Å²) in [6, 6.07) is 15.3. The van der Waals surface area contributed by atoms with E-state index < -0.39 is 18.1 Å². The lowest BCUT2D eigenvalue weighted by molar-refractivity contribution is -0.169. The Morgan fingerprint density at radius 2 is 1.86 bits per heavy atom. The number of para-hydroxylation sites is 1. The van der Waals surface area contributed by atoms with E-state index in [2.05, 4.69) is 26.0 Å². The molecule has 0 saturated carbocycles. The van der Waals surface area contributed by atoms with E-state index in [0.717, 1.165) is 10.9 Å². The number of hydrogen-bond acceptors (Lipinski definition) is 4. The third-order valence-corrected chi connectivity index (χ3v) is 5.83. The van der Waals surface area contributed by atoms with Gasteiger partial charge in [0.25, 0.3) is 0 Å². The molecule has 0 aliphatic rings. The van der Waals surface area contributed by atoms with Gasteiger partial charge < -0.3 is 4.98 Å². The second-order valence-electron chi connectivity index (χ2n) is 8.16. The Morgan fingerprint density at radius 3 is 2.62 bits per heavy atom. The summed E-state index contributed by atoms with van der Waals surface area (Å²) in [5.41, 5.74) is 2.83. The number of carbonyl (C=O) groups is 1. The Bertz CT molecular complexity index is 1600. The van der Waals surface area contributed by atoms with Crippen molar-refractivity contribution in [1.82, 2.24) is 24.7 Å². The number of alkyl halides is 3. The predicted molar refractivity (Wildman–Crippen MR) is 133 cm³/mol. The minimum atomic E-state index is -5.07. The van der Waals surface area contributed by atoms with Crippen molar-refractivity contribution < 1.29 is 18.0 Å². The number of aromatic nitrogens is 5. The highest BCUT2D eigenvalue weighted by Gasteiger charge is 2.43. The molecule has 1 amide bonds. The molecule has 0 bridgehead atoms. The summed E-state index contributed by atoms with van der Waals surface area (Å²) < 4.78 is 42.2. The summed E-state index contributed by atoms with van der Waals surface area (Å²) in [7, 11) is 0. The van der Waals surface area contributed by atoms with Gasteiger partial charge in [0.05, 0.1) is 17.9 Å². The first-order chi connectivity index (χ1) is 17.9.